The molecule has 0 radical (unpaired) electrons. The van der Waals surface area contributed by atoms with E-state index in [0.29, 0.717) is 19.4 Å². The summed E-state index contributed by atoms with van der Waals surface area (Å²) in [5.41, 5.74) is 5.89. The number of carbonyl (C=O) groups excluding carboxylic acids is 1. The van der Waals surface area contributed by atoms with Crippen molar-refractivity contribution in [2.24, 2.45) is 0 Å². The summed E-state index contributed by atoms with van der Waals surface area (Å²) in [6.45, 7) is 2.61. The minimum absolute atomic E-state index is 0.0275. The van der Waals surface area contributed by atoms with Crippen molar-refractivity contribution in [3.8, 4) is 11.5 Å². The van der Waals surface area contributed by atoms with Gasteiger partial charge in [-0.2, -0.15) is 0 Å². The molecule has 1 aliphatic rings. The number of unbranched alkanes of at least 4 members (excludes halogenated alkanes) is 1. The lowest BCUT2D eigenvalue weighted by Crippen LogP contribution is -2.47. The third kappa shape index (κ3) is 10.0. The molecule has 0 saturated carbocycles. The lowest BCUT2D eigenvalue weighted by atomic mass is 9.66. The van der Waals surface area contributed by atoms with Gasteiger partial charge in [0.2, 0.25) is 5.91 Å². The zero-order valence-electron chi connectivity index (χ0n) is 31.7. The smallest absolute Gasteiger partial charge is 0.220 e. The molecule has 278 valence electrons. The number of amides is 1. The number of halogens is 1. The Labute approximate surface area is 311 Å². The molecule has 0 aromatic heterocycles. The predicted octanol–water partition coefficient (Wildman–Crippen LogP) is 8.60. The van der Waals surface area contributed by atoms with E-state index in [1.165, 1.54) is 34.4 Å². The number of benzene rings is 4. The van der Waals surface area contributed by atoms with E-state index < -0.39 is 0 Å². The SMILES string of the molecule is COc1cc2c(cc1OC)C(CCCCN(C)C)(CCCC(CCCNC(=O)CCc1ccc(F)cc1)(c1ccccc1)c1ccccc1)NCC2. The molecule has 0 bridgehead atoms. The Balaban J connectivity index is 1.37. The second-order valence-corrected chi connectivity index (χ2v) is 14.6. The summed E-state index contributed by atoms with van der Waals surface area (Å²) in [5, 5.41) is 7.22. The Hall–Kier alpha value is -4.20. The van der Waals surface area contributed by atoms with Crippen LogP contribution in [0.4, 0.5) is 4.39 Å². The minimum Gasteiger partial charge on any atom is -0.493 e. The van der Waals surface area contributed by atoms with Gasteiger partial charge < -0.3 is 25.0 Å². The Morgan fingerprint density at radius 2 is 1.44 bits per heavy atom. The van der Waals surface area contributed by atoms with Crippen LogP contribution in [-0.4, -0.2) is 58.8 Å². The number of rotatable bonds is 20. The molecule has 6 nitrogen and oxygen atoms in total. The molecule has 5 rings (SSSR count). The summed E-state index contributed by atoms with van der Waals surface area (Å²) in [5.74, 6) is 1.34. The highest BCUT2D eigenvalue weighted by molar-refractivity contribution is 5.76. The van der Waals surface area contributed by atoms with Crippen molar-refractivity contribution in [3.63, 3.8) is 0 Å². The zero-order chi connectivity index (χ0) is 36.8. The summed E-state index contributed by atoms with van der Waals surface area (Å²) in [6, 6.07) is 32.7. The monoisotopic (exact) mass is 707 g/mol. The first-order chi connectivity index (χ1) is 25.3. The van der Waals surface area contributed by atoms with E-state index in [1.54, 1.807) is 26.4 Å². The maximum absolute atomic E-state index is 13.3. The van der Waals surface area contributed by atoms with E-state index in [0.717, 1.165) is 87.9 Å². The lowest BCUT2D eigenvalue weighted by Gasteiger charge is -2.43. The number of aryl methyl sites for hydroxylation is 1. The van der Waals surface area contributed by atoms with Gasteiger partial charge >= 0.3 is 0 Å². The molecule has 0 aliphatic carbocycles. The van der Waals surface area contributed by atoms with Crippen LogP contribution in [0.3, 0.4) is 0 Å². The van der Waals surface area contributed by atoms with Crippen LogP contribution < -0.4 is 20.1 Å². The van der Waals surface area contributed by atoms with Gasteiger partial charge in [0.25, 0.3) is 0 Å². The van der Waals surface area contributed by atoms with Crippen molar-refractivity contribution in [3.05, 3.63) is 131 Å². The number of fused-ring (bicyclic) bond motifs is 1. The van der Waals surface area contributed by atoms with Crippen molar-refractivity contribution in [1.29, 1.82) is 0 Å². The van der Waals surface area contributed by atoms with Gasteiger partial charge in [-0.1, -0.05) is 79.2 Å². The van der Waals surface area contributed by atoms with E-state index in [9.17, 15) is 9.18 Å². The van der Waals surface area contributed by atoms with Gasteiger partial charge in [0.1, 0.15) is 5.82 Å². The van der Waals surface area contributed by atoms with Crippen molar-refractivity contribution >= 4 is 5.91 Å². The molecule has 1 amide bonds. The quantitative estimate of drug-likeness (QED) is 0.0902. The first-order valence-corrected chi connectivity index (χ1v) is 19.1. The van der Waals surface area contributed by atoms with E-state index >= 15 is 0 Å². The molecule has 1 heterocycles. The topological polar surface area (TPSA) is 62.8 Å². The third-order valence-electron chi connectivity index (χ3n) is 11.0. The van der Waals surface area contributed by atoms with Gasteiger partial charge in [0.15, 0.2) is 11.5 Å². The van der Waals surface area contributed by atoms with Crippen LogP contribution in [0.2, 0.25) is 0 Å². The normalized spacial score (nSPS) is 15.7. The van der Waals surface area contributed by atoms with Crippen LogP contribution in [0.1, 0.15) is 85.6 Å². The van der Waals surface area contributed by atoms with Crippen LogP contribution in [0, 0.1) is 5.82 Å². The summed E-state index contributed by atoms with van der Waals surface area (Å²) < 4.78 is 24.9. The molecule has 1 atom stereocenters. The average molecular weight is 708 g/mol. The third-order valence-corrected chi connectivity index (χ3v) is 11.0. The highest BCUT2D eigenvalue weighted by Crippen LogP contribution is 2.46. The maximum atomic E-state index is 13.3. The highest BCUT2D eigenvalue weighted by atomic mass is 19.1. The number of nitrogens with one attached hydrogen (secondary N) is 2. The van der Waals surface area contributed by atoms with Crippen LogP contribution in [0.5, 0.6) is 11.5 Å². The molecule has 7 heteroatoms. The van der Waals surface area contributed by atoms with Gasteiger partial charge in [0, 0.05) is 30.5 Å². The Kier molecular flexibility index (Phi) is 14.3. The molecule has 0 saturated heterocycles. The zero-order valence-corrected chi connectivity index (χ0v) is 31.7. The van der Waals surface area contributed by atoms with Gasteiger partial charge in [-0.15, -0.1) is 0 Å². The second kappa shape index (κ2) is 19.0. The molecule has 4 aromatic rings. The first kappa shape index (κ1) is 39.0. The highest BCUT2D eigenvalue weighted by Gasteiger charge is 2.39. The van der Waals surface area contributed by atoms with Gasteiger partial charge in [-0.25, -0.2) is 4.39 Å². The van der Waals surface area contributed by atoms with Crippen molar-refractivity contribution < 1.29 is 18.7 Å². The molecule has 52 heavy (non-hydrogen) atoms. The summed E-state index contributed by atoms with van der Waals surface area (Å²) >= 11 is 0. The Bertz CT molecular complexity index is 1640. The summed E-state index contributed by atoms with van der Waals surface area (Å²) in [4.78, 5) is 15.1. The minimum atomic E-state index is -0.260. The molecular formula is C45H58FN3O3. The predicted molar refractivity (Wildman–Crippen MR) is 210 cm³/mol. The van der Waals surface area contributed by atoms with E-state index in [4.69, 9.17) is 9.47 Å². The number of carbonyl (C=O) groups is 1. The van der Waals surface area contributed by atoms with E-state index in [-0.39, 0.29) is 22.7 Å². The fourth-order valence-electron chi connectivity index (χ4n) is 8.22. The maximum Gasteiger partial charge on any atom is 0.220 e. The van der Waals surface area contributed by atoms with Crippen LogP contribution >= 0.6 is 0 Å². The number of nitrogens with zero attached hydrogens (tertiary/aromatic N) is 1. The van der Waals surface area contributed by atoms with Gasteiger partial charge in [-0.05, 0) is 131 Å². The first-order valence-electron chi connectivity index (χ1n) is 19.1. The van der Waals surface area contributed by atoms with E-state index in [2.05, 4.69) is 102 Å². The molecule has 1 unspecified atom stereocenters. The fraction of sp³-hybridized carbons (Fsp3) is 0.444. The average Bonchev–Trinajstić information content (AvgIpc) is 3.17. The second-order valence-electron chi connectivity index (χ2n) is 14.6. The molecule has 2 N–H and O–H groups in total. The summed E-state index contributed by atoms with van der Waals surface area (Å²) in [7, 11) is 7.73. The van der Waals surface area contributed by atoms with Crippen molar-refractivity contribution in [1.82, 2.24) is 15.5 Å². The van der Waals surface area contributed by atoms with Crippen molar-refractivity contribution in [2.75, 3.05) is 47.9 Å². The van der Waals surface area contributed by atoms with E-state index in [1.807, 2.05) is 0 Å². The van der Waals surface area contributed by atoms with Crippen LogP contribution in [0.25, 0.3) is 0 Å². The molecule has 0 fully saturated rings. The lowest BCUT2D eigenvalue weighted by molar-refractivity contribution is -0.121. The fourth-order valence-corrected chi connectivity index (χ4v) is 8.22. The molecule has 0 spiro atoms. The number of hydrogen-bond acceptors (Lipinski definition) is 5. The molecule has 1 aliphatic heterocycles. The summed E-state index contributed by atoms with van der Waals surface area (Å²) in [6.07, 6.45) is 10.0. The molecular weight excluding hydrogens is 650 g/mol. The van der Waals surface area contributed by atoms with Crippen molar-refractivity contribution in [2.45, 2.75) is 81.6 Å². The Morgan fingerprint density at radius 3 is 2.08 bits per heavy atom. The number of methoxy groups -OCH3 is 2. The van der Waals surface area contributed by atoms with Crippen LogP contribution in [0.15, 0.2) is 97.1 Å². The van der Waals surface area contributed by atoms with Gasteiger partial charge in [-0.3, -0.25) is 4.79 Å². The number of hydrogen-bond donors (Lipinski definition) is 2. The standard InChI is InChI=1S/C45H58FN3O3/c1-49(2)32-12-11-28-45(40-34-42(52-4)41(51-3)33-36(40)25-31-48-45)29-13-26-44(37-15-7-5-8-16-37,38-17-9-6-10-18-38)27-14-30-47-43(50)24-21-35-19-22-39(46)23-20-35/h5-10,15-20,22-23,33-34,48H,11-14,21,24-32H2,1-4H3,(H,47,50). The number of ether oxygens (including phenoxy) is 2. The van der Waals surface area contributed by atoms with Gasteiger partial charge in [0.05, 0.1) is 14.2 Å². The molecule has 4 aromatic carbocycles. The Morgan fingerprint density at radius 1 is 0.827 bits per heavy atom. The van der Waals surface area contributed by atoms with Crippen LogP contribution in [-0.2, 0) is 28.6 Å². The largest absolute Gasteiger partial charge is 0.493 e.